The summed E-state index contributed by atoms with van der Waals surface area (Å²) in [6, 6.07) is 2.64. The molecule has 32 heavy (non-hydrogen) atoms. The van der Waals surface area contributed by atoms with E-state index in [1.165, 1.54) is 37.9 Å². The summed E-state index contributed by atoms with van der Waals surface area (Å²) in [6.07, 6.45) is 5.65. The average molecular weight is 481 g/mol. The van der Waals surface area contributed by atoms with E-state index in [-0.39, 0.29) is 0 Å². The first-order chi connectivity index (χ1) is 15.4. The smallest absolute Gasteiger partial charge is 0.293 e. The lowest BCUT2D eigenvalue weighted by atomic mass is 9.78. The molecule has 176 valence electrons. The molecule has 1 spiro atoms. The van der Waals surface area contributed by atoms with Crippen molar-refractivity contribution in [1.82, 2.24) is 14.8 Å². The van der Waals surface area contributed by atoms with Crippen LogP contribution in [0.15, 0.2) is 12.3 Å². The molecule has 1 aliphatic carbocycles. The Labute approximate surface area is 199 Å². The van der Waals surface area contributed by atoms with Crippen molar-refractivity contribution in [3.63, 3.8) is 0 Å². The molecule has 2 saturated heterocycles. The highest BCUT2D eigenvalue weighted by Gasteiger charge is 2.48. The number of ether oxygens (including phenoxy) is 1. The SMILES string of the molecule is CCOC=O.CN1CC2(CCC(N3CCN(c4cc(Cl)cnc4C(=N)SC=N)CC3)C2)C1. The fourth-order valence-corrected chi connectivity index (χ4v) is 5.77. The van der Waals surface area contributed by atoms with Crippen LogP contribution in [-0.2, 0) is 9.53 Å². The van der Waals surface area contributed by atoms with Crippen LogP contribution < -0.4 is 4.90 Å². The molecule has 3 aliphatic rings. The second-order valence-electron chi connectivity index (χ2n) is 8.73. The molecule has 4 rings (SSSR count). The Bertz CT molecular complexity index is 812. The fraction of sp³-hybridized carbons (Fsp3) is 0.636. The van der Waals surface area contributed by atoms with Crippen LogP contribution >= 0.6 is 23.4 Å². The molecule has 1 atom stereocenters. The molecule has 1 aromatic rings. The molecular formula is C22H33ClN6O2S. The number of carbonyl (C=O) groups excluding carboxylic acids is 1. The van der Waals surface area contributed by atoms with Gasteiger partial charge in [-0.15, -0.1) is 0 Å². The predicted octanol–water partition coefficient (Wildman–Crippen LogP) is 3.19. The van der Waals surface area contributed by atoms with Crippen molar-refractivity contribution in [3.05, 3.63) is 23.0 Å². The average Bonchev–Trinajstić information content (AvgIpc) is 3.20. The molecule has 1 saturated carbocycles. The maximum atomic E-state index is 9.18. The van der Waals surface area contributed by atoms with Crippen LogP contribution in [0.2, 0.25) is 5.02 Å². The van der Waals surface area contributed by atoms with E-state index in [0.29, 0.717) is 34.3 Å². The van der Waals surface area contributed by atoms with E-state index >= 15 is 0 Å². The number of hydrogen-bond acceptors (Lipinski definition) is 9. The van der Waals surface area contributed by atoms with Crippen molar-refractivity contribution in [2.24, 2.45) is 5.41 Å². The molecule has 0 aromatic carbocycles. The minimum Gasteiger partial charge on any atom is -0.468 e. The van der Waals surface area contributed by atoms with E-state index in [2.05, 4.69) is 31.5 Å². The van der Waals surface area contributed by atoms with Crippen LogP contribution in [0.25, 0.3) is 0 Å². The van der Waals surface area contributed by atoms with E-state index in [1.54, 1.807) is 13.1 Å². The molecule has 1 aromatic heterocycles. The molecule has 3 heterocycles. The highest BCUT2D eigenvalue weighted by atomic mass is 35.5. The lowest BCUT2D eigenvalue weighted by molar-refractivity contribution is -0.128. The van der Waals surface area contributed by atoms with E-state index < -0.39 is 0 Å². The molecule has 0 radical (unpaired) electrons. The number of rotatable bonds is 6. The number of pyridine rings is 1. The molecule has 1 unspecified atom stereocenters. The van der Waals surface area contributed by atoms with Gasteiger partial charge in [-0.1, -0.05) is 23.4 Å². The molecule has 0 bridgehead atoms. The maximum absolute atomic E-state index is 9.18. The van der Waals surface area contributed by atoms with Gasteiger partial charge >= 0.3 is 0 Å². The third-order valence-electron chi connectivity index (χ3n) is 6.52. The van der Waals surface area contributed by atoms with Crippen LogP contribution in [0.5, 0.6) is 0 Å². The maximum Gasteiger partial charge on any atom is 0.293 e. The van der Waals surface area contributed by atoms with Gasteiger partial charge in [-0.05, 0) is 44.7 Å². The Morgan fingerprint density at radius 3 is 2.66 bits per heavy atom. The summed E-state index contributed by atoms with van der Waals surface area (Å²) in [7, 11) is 2.22. The standard InChI is InChI=1S/C19H27ClN6S.C3H6O2/c1-24-11-19(12-24)3-2-15(9-19)25-4-6-26(7-5-25)16-8-14(20)10-23-17(16)18(22)27-13-21;1-2-5-3-4/h8,10,13,15,21-22H,2-7,9,11-12H2,1H3;3H,2H2,1H3. The number of carbonyl (C=O) groups is 1. The van der Waals surface area contributed by atoms with E-state index in [4.69, 9.17) is 22.4 Å². The Morgan fingerprint density at radius 2 is 2.09 bits per heavy atom. The molecule has 10 heteroatoms. The van der Waals surface area contributed by atoms with Crippen LogP contribution in [0, 0.1) is 16.2 Å². The van der Waals surface area contributed by atoms with Crippen LogP contribution in [0.1, 0.15) is 31.9 Å². The molecule has 2 aliphatic heterocycles. The summed E-state index contributed by atoms with van der Waals surface area (Å²) in [5, 5.41) is 16.3. The summed E-state index contributed by atoms with van der Waals surface area (Å²) < 4.78 is 4.15. The van der Waals surface area contributed by atoms with Crippen molar-refractivity contribution in [3.8, 4) is 0 Å². The van der Waals surface area contributed by atoms with Gasteiger partial charge in [0.2, 0.25) is 0 Å². The Kier molecular flexibility index (Phi) is 8.93. The third kappa shape index (κ3) is 6.01. The number of likely N-dealkylation sites (tertiary alicyclic amines) is 1. The summed E-state index contributed by atoms with van der Waals surface area (Å²) in [5.74, 6) is 0. The van der Waals surface area contributed by atoms with E-state index in [9.17, 15) is 4.79 Å². The summed E-state index contributed by atoms with van der Waals surface area (Å²) >= 11 is 7.27. The van der Waals surface area contributed by atoms with Crippen molar-refractivity contribution < 1.29 is 9.53 Å². The van der Waals surface area contributed by atoms with E-state index in [0.717, 1.165) is 49.7 Å². The first-order valence-corrected chi connectivity index (χ1v) is 12.3. The zero-order valence-corrected chi connectivity index (χ0v) is 20.4. The van der Waals surface area contributed by atoms with Gasteiger partial charge in [0.05, 0.1) is 22.9 Å². The highest BCUT2D eigenvalue weighted by Crippen LogP contribution is 2.46. The Morgan fingerprint density at radius 1 is 1.38 bits per heavy atom. The Balaban J connectivity index is 0.000000523. The highest BCUT2D eigenvalue weighted by molar-refractivity contribution is 8.25. The summed E-state index contributed by atoms with van der Waals surface area (Å²) in [4.78, 5) is 21.0. The van der Waals surface area contributed by atoms with Crippen LogP contribution in [-0.4, -0.2) is 90.8 Å². The van der Waals surface area contributed by atoms with Crippen LogP contribution in [0.3, 0.4) is 0 Å². The molecule has 3 fully saturated rings. The van der Waals surface area contributed by atoms with Crippen molar-refractivity contribution in [2.45, 2.75) is 32.2 Å². The zero-order chi connectivity index (χ0) is 23.1. The number of aromatic nitrogens is 1. The van der Waals surface area contributed by atoms with Gasteiger partial charge in [0, 0.05) is 51.5 Å². The number of nitrogens with zero attached hydrogens (tertiary/aromatic N) is 4. The third-order valence-corrected chi connectivity index (χ3v) is 7.27. The van der Waals surface area contributed by atoms with E-state index in [1.807, 2.05) is 6.07 Å². The van der Waals surface area contributed by atoms with Gasteiger partial charge in [-0.25, -0.2) is 0 Å². The predicted molar refractivity (Wildman–Crippen MR) is 131 cm³/mol. The second kappa shape index (κ2) is 11.4. The van der Waals surface area contributed by atoms with Gasteiger partial charge in [-0.3, -0.25) is 20.1 Å². The monoisotopic (exact) mass is 480 g/mol. The number of halogens is 1. The topological polar surface area (TPSA) is 96.6 Å². The minimum atomic E-state index is 0.297. The van der Waals surface area contributed by atoms with Crippen LogP contribution in [0.4, 0.5) is 5.69 Å². The first kappa shape index (κ1) is 25.0. The summed E-state index contributed by atoms with van der Waals surface area (Å²) in [6.45, 7) is 9.17. The largest absolute Gasteiger partial charge is 0.468 e. The van der Waals surface area contributed by atoms with Crippen molar-refractivity contribution in [1.29, 1.82) is 10.8 Å². The second-order valence-corrected chi connectivity index (χ2v) is 10.0. The Hall–Kier alpha value is -1.68. The fourth-order valence-electron chi connectivity index (χ4n) is 5.23. The number of piperazine rings is 1. The number of nitrogens with one attached hydrogen (secondary N) is 2. The van der Waals surface area contributed by atoms with Gasteiger partial charge in [0.1, 0.15) is 10.7 Å². The van der Waals surface area contributed by atoms with Gasteiger partial charge < -0.3 is 19.9 Å². The number of anilines is 1. The molecular weight excluding hydrogens is 448 g/mol. The lowest BCUT2D eigenvalue weighted by Gasteiger charge is -2.47. The molecule has 2 N–H and O–H groups in total. The normalized spacial score (nSPS) is 22.6. The van der Waals surface area contributed by atoms with Crippen molar-refractivity contribution >= 4 is 46.1 Å². The van der Waals surface area contributed by atoms with Gasteiger partial charge in [0.15, 0.2) is 0 Å². The molecule has 8 nitrogen and oxygen atoms in total. The minimum absolute atomic E-state index is 0.297. The van der Waals surface area contributed by atoms with Gasteiger partial charge in [0.25, 0.3) is 6.47 Å². The quantitative estimate of drug-likeness (QED) is 0.366. The summed E-state index contributed by atoms with van der Waals surface area (Å²) in [5.41, 5.74) is 3.32. The lowest BCUT2D eigenvalue weighted by Crippen LogP contribution is -2.54. The zero-order valence-electron chi connectivity index (χ0n) is 18.8. The van der Waals surface area contributed by atoms with Crippen molar-refractivity contribution in [2.75, 3.05) is 57.8 Å². The van der Waals surface area contributed by atoms with Gasteiger partial charge in [-0.2, -0.15) is 0 Å². The number of thioether (sulfide) groups is 1. The first-order valence-electron chi connectivity index (χ1n) is 11.0. The molecule has 0 amide bonds. The number of hydrogen-bond donors (Lipinski definition) is 2.